The number of aromatic nitrogens is 1. The number of nitrogens with two attached hydrogens (primary N) is 1. The number of sulfonamides is 1. The maximum Gasteiger partial charge on any atom is 0.306 e. The molecule has 0 aliphatic heterocycles. The topological polar surface area (TPSA) is 128 Å². The number of benzene rings is 2. The maximum atomic E-state index is 11.9. The number of amides is 1. The van der Waals surface area contributed by atoms with E-state index < -0.39 is 28.5 Å². The van der Waals surface area contributed by atoms with Crippen molar-refractivity contribution in [1.29, 1.82) is 0 Å². The molecule has 8 nitrogen and oxygen atoms in total. The highest BCUT2D eigenvalue weighted by Gasteiger charge is 2.11. The molecule has 0 aliphatic carbocycles. The number of rotatable bonds is 9. The summed E-state index contributed by atoms with van der Waals surface area (Å²) in [6.07, 6.45) is 0.781. The Labute approximate surface area is 181 Å². The van der Waals surface area contributed by atoms with Crippen LogP contribution in [0.3, 0.4) is 0 Å². The number of ether oxygens (including phenoxy) is 1. The van der Waals surface area contributed by atoms with Gasteiger partial charge in [0.15, 0.2) is 10.9 Å². The molecular formula is C19H19N3O5S3. The van der Waals surface area contributed by atoms with E-state index in [0.717, 1.165) is 14.6 Å². The van der Waals surface area contributed by atoms with Gasteiger partial charge in [-0.3, -0.25) is 9.59 Å². The third-order valence-corrected chi connectivity index (χ3v) is 7.01. The fraction of sp³-hybridized carbons (Fsp3) is 0.211. The fourth-order valence-corrected chi connectivity index (χ4v) is 5.09. The minimum Gasteiger partial charge on any atom is -0.456 e. The Morgan fingerprint density at radius 1 is 1.17 bits per heavy atom. The van der Waals surface area contributed by atoms with E-state index in [9.17, 15) is 18.0 Å². The van der Waals surface area contributed by atoms with Crippen molar-refractivity contribution in [1.82, 2.24) is 4.98 Å². The summed E-state index contributed by atoms with van der Waals surface area (Å²) < 4.78 is 29.7. The Balaban J connectivity index is 1.36. The van der Waals surface area contributed by atoms with Gasteiger partial charge >= 0.3 is 5.97 Å². The number of fused-ring (bicyclic) bond motifs is 1. The summed E-state index contributed by atoms with van der Waals surface area (Å²) in [7, 11) is -3.87. The summed E-state index contributed by atoms with van der Waals surface area (Å²) in [5.41, 5.74) is 1.21. The summed E-state index contributed by atoms with van der Waals surface area (Å²) in [5.74, 6) is -0.339. The first-order chi connectivity index (χ1) is 14.3. The van der Waals surface area contributed by atoms with Gasteiger partial charge in [-0.15, -0.1) is 11.3 Å². The molecule has 3 aromatic rings. The molecule has 0 spiro atoms. The molecule has 3 rings (SSSR count). The van der Waals surface area contributed by atoms with Crippen molar-refractivity contribution in [3.63, 3.8) is 0 Å². The monoisotopic (exact) mass is 465 g/mol. The van der Waals surface area contributed by atoms with Gasteiger partial charge in [0, 0.05) is 17.9 Å². The van der Waals surface area contributed by atoms with Crippen LogP contribution in [-0.2, 0) is 24.3 Å². The van der Waals surface area contributed by atoms with Crippen molar-refractivity contribution in [2.75, 3.05) is 17.7 Å². The zero-order valence-electron chi connectivity index (χ0n) is 15.7. The molecule has 0 aliphatic rings. The number of nitrogens with zero attached hydrogens (tertiary/aromatic N) is 1. The van der Waals surface area contributed by atoms with Crippen molar-refractivity contribution < 1.29 is 22.7 Å². The number of thioether (sulfide) groups is 1. The maximum absolute atomic E-state index is 11.9. The van der Waals surface area contributed by atoms with E-state index >= 15 is 0 Å². The quantitative estimate of drug-likeness (QED) is 0.282. The van der Waals surface area contributed by atoms with Crippen molar-refractivity contribution >= 4 is 60.9 Å². The molecule has 1 aromatic heterocycles. The minimum absolute atomic E-state index is 0.122. The largest absolute Gasteiger partial charge is 0.456 e. The van der Waals surface area contributed by atoms with Crippen molar-refractivity contribution in [2.24, 2.45) is 5.14 Å². The smallest absolute Gasteiger partial charge is 0.306 e. The van der Waals surface area contributed by atoms with E-state index in [1.165, 1.54) is 24.3 Å². The van der Waals surface area contributed by atoms with Gasteiger partial charge in [-0.25, -0.2) is 18.5 Å². The van der Waals surface area contributed by atoms with E-state index in [4.69, 9.17) is 9.88 Å². The molecular weight excluding hydrogens is 446 g/mol. The van der Waals surface area contributed by atoms with Crippen LogP contribution >= 0.6 is 23.1 Å². The standard InChI is InChI=1S/C19H19N3O5S3/c20-30(25,26)14-6-3-5-13(11-14)21-17(23)12-27-18(24)9-4-10-28-19-22-15-7-1-2-8-16(15)29-19/h1-3,5-8,11H,4,9-10,12H2,(H,21,23)(H2,20,25,26). The average molecular weight is 466 g/mol. The van der Waals surface area contributed by atoms with Gasteiger partial charge in [-0.2, -0.15) is 0 Å². The van der Waals surface area contributed by atoms with Gasteiger partial charge in [-0.1, -0.05) is 30.0 Å². The van der Waals surface area contributed by atoms with Gasteiger partial charge in [0.1, 0.15) is 0 Å². The first-order valence-electron chi connectivity index (χ1n) is 8.88. The second kappa shape index (κ2) is 10.0. The summed E-state index contributed by atoms with van der Waals surface area (Å²) in [5, 5.41) is 7.52. The number of thiazole rings is 1. The van der Waals surface area contributed by atoms with E-state index in [0.29, 0.717) is 12.2 Å². The fourth-order valence-electron chi connectivity index (χ4n) is 2.45. The molecule has 0 radical (unpaired) electrons. The predicted octanol–water partition coefficient (Wildman–Crippen LogP) is 3.00. The molecule has 0 saturated heterocycles. The second-order valence-corrected chi connectivity index (χ2v) is 10.1. The van der Waals surface area contributed by atoms with Crippen molar-refractivity contribution in [2.45, 2.75) is 22.1 Å². The Hall–Kier alpha value is -2.47. The number of carbonyl (C=O) groups is 2. The molecule has 11 heteroatoms. The van der Waals surface area contributed by atoms with Crippen LogP contribution in [0.1, 0.15) is 12.8 Å². The Morgan fingerprint density at radius 2 is 1.97 bits per heavy atom. The second-order valence-electron chi connectivity index (χ2n) is 6.18. The molecule has 158 valence electrons. The van der Waals surface area contributed by atoms with Gasteiger partial charge < -0.3 is 10.1 Å². The van der Waals surface area contributed by atoms with Crippen LogP contribution in [0, 0.1) is 0 Å². The lowest BCUT2D eigenvalue weighted by atomic mass is 10.3. The molecule has 2 aromatic carbocycles. The molecule has 1 heterocycles. The third kappa shape index (κ3) is 6.52. The first kappa shape index (κ1) is 22.2. The average Bonchev–Trinajstić information content (AvgIpc) is 3.12. The van der Waals surface area contributed by atoms with Gasteiger partial charge in [0.05, 0.1) is 15.1 Å². The molecule has 0 bridgehead atoms. The summed E-state index contributed by atoms with van der Waals surface area (Å²) in [6, 6.07) is 13.4. The molecule has 0 fully saturated rings. The number of hydrogen-bond donors (Lipinski definition) is 2. The van der Waals surface area contributed by atoms with Gasteiger partial charge in [0.2, 0.25) is 10.0 Å². The molecule has 0 atom stereocenters. The molecule has 30 heavy (non-hydrogen) atoms. The zero-order chi connectivity index (χ0) is 21.6. The number of esters is 1. The van der Waals surface area contributed by atoms with Crippen LogP contribution in [0.5, 0.6) is 0 Å². The molecule has 1 amide bonds. The lowest BCUT2D eigenvalue weighted by Gasteiger charge is -2.07. The number of primary sulfonamides is 1. The Kier molecular flexibility index (Phi) is 7.43. The predicted molar refractivity (Wildman–Crippen MR) is 117 cm³/mol. The highest BCUT2D eigenvalue weighted by molar-refractivity contribution is 8.01. The van der Waals surface area contributed by atoms with Crippen molar-refractivity contribution in [3.8, 4) is 0 Å². The van der Waals surface area contributed by atoms with Crippen LogP contribution in [0.2, 0.25) is 0 Å². The number of anilines is 1. The van der Waals surface area contributed by atoms with Crippen LogP contribution in [0.15, 0.2) is 57.8 Å². The normalized spacial score (nSPS) is 11.4. The van der Waals surface area contributed by atoms with E-state index in [1.807, 2.05) is 24.3 Å². The highest BCUT2D eigenvalue weighted by atomic mass is 32.2. The SMILES string of the molecule is NS(=O)(=O)c1cccc(NC(=O)COC(=O)CCCSc2nc3ccccc3s2)c1. The number of carbonyl (C=O) groups excluding carboxylic acids is 2. The first-order valence-corrected chi connectivity index (χ1v) is 12.2. The number of nitrogens with one attached hydrogen (secondary N) is 1. The Morgan fingerprint density at radius 3 is 2.73 bits per heavy atom. The highest BCUT2D eigenvalue weighted by Crippen LogP contribution is 2.29. The molecule has 0 saturated carbocycles. The minimum atomic E-state index is -3.87. The van der Waals surface area contributed by atoms with E-state index in [1.54, 1.807) is 23.1 Å². The lowest BCUT2D eigenvalue weighted by Crippen LogP contribution is -2.21. The molecule has 0 unspecified atom stereocenters. The van der Waals surface area contributed by atoms with E-state index in [2.05, 4.69) is 10.3 Å². The summed E-state index contributed by atoms with van der Waals surface area (Å²) in [6.45, 7) is -0.455. The van der Waals surface area contributed by atoms with E-state index in [-0.39, 0.29) is 17.0 Å². The van der Waals surface area contributed by atoms with Crippen molar-refractivity contribution in [3.05, 3.63) is 48.5 Å². The van der Waals surface area contributed by atoms with Crippen LogP contribution in [0.4, 0.5) is 5.69 Å². The zero-order valence-corrected chi connectivity index (χ0v) is 18.2. The number of hydrogen-bond acceptors (Lipinski definition) is 8. The van der Waals surface area contributed by atoms with Gasteiger partial charge in [0.25, 0.3) is 5.91 Å². The third-order valence-electron chi connectivity index (χ3n) is 3.84. The molecule has 3 N–H and O–H groups in total. The van der Waals surface area contributed by atoms with Gasteiger partial charge in [-0.05, 0) is 36.8 Å². The van der Waals surface area contributed by atoms with Crippen LogP contribution in [-0.4, -0.2) is 37.6 Å². The summed E-state index contributed by atoms with van der Waals surface area (Å²) in [4.78, 5) is 28.1. The van der Waals surface area contributed by atoms with Crippen LogP contribution in [0.25, 0.3) is 10.2 Å². The lowest BCUT2D eigenvalue weighted by molar-refractivity contribution is -0.147. The van der Waals surface area contributed by atoms with Crippen LogP contribution < -0.4 is 10.5 Å². The number of para-hydroxylation sites is 1. The summed E-state index contributed by atoms with van der Waals surface area (Å²) >= 11 is 3.19. The Bertz CT molecular complexity index is 1130.